The standard InChI is InChI=1S/C12H16N4O2/c1-2-7-18-9-5-6-16(8-9)11-4-3-10(12(13)17)14-15-11/h2-4,9H,1,5-8H2,(H2,13,17)/t9-/m0/s1. The van der Waals surface area contributed by atoms with E-state index >= 15 is 0 Å². The maximum atomic E-state index is 10.9. The average Bonchev–Trinajstić information content (AvgIpc) is 2.85. The molecule has 1 atom stereocenters. The predicted molar refractivity (Wildman–Crippen MR) is 67.3 cm³/mol. The molecule has 2 heterocycles. The van der Waals surface area contributed by atoms with E-state index in [0.29, 0.717) is 6.61 Å². The lowest BCUT2D eigenvalue weighted by Gasteiger charge is -2.16. The van der Waals surface area contributed by atoms with Gasteiger partial charge in [0.05, 0.1) is 12.7 Å². The summed E-state index contributed by atoms with van der Waals surface area (Å²) in [5, 5.41) is 7.78. The first kappa shape index (κ1) is 12.5. The van der Waals surface area contributed by atoms with Gasteiger partial charge in [-0.2, -0.15) is 0 Å². The van der Waals surface area contributed by atoms with Crippen LogP contribution in [-0.4, -0.2) is 41.9 Å². The minimum absolute atomic E-state index is 0.178. The van der Waals surface area contributed by atoms with Crippen LogP contribution >= 0.6 is 0 Å². The van der Waals surface area contributed by atoms with Gasteiger partial charge in [0.2, 0.25) is 0 Å². The van der Waals surface area contributed by atoms with Crippen LogP contribution in [0.1, 0.15) is 16.9 Å². The Morgan fingerprint density at radius 2 is 2.44 bits per heavy atom. The zero-order chi connectivity index (χ0) is 13.0. The highest BCUT2D eigenvalue weighted by Gasteiger charge is 2.24. The Hall–Kier alpha value is -1.95. The molecular formula is C12H16N4O2. The van der Waals surface area contributed by atoms with Crippen molar-refractivity contribution in [2.45, 2.75) is 12.5 Å². The van der Waals surface area contributed by atoms with Crippen molar-refractivity contribution in [1.82, 2.24) is 10.2 Å². The molecule has 0 aromatic carbocycles. The Bertz CT molecular complexity index is 432. The lowest BCUT2D eigenvalue weighted by atomic mass is 10.3. The summed E-state index contributed by atoms with van der Waals surface area (Å²) in [6, 6.07) is 3.34. The Labute approximate surface area is 105 Å². The van der Waals surface area contributed by atoms with Crippen molar-refractivity contribution in [3.8, 4) is 0 Å². The van der Waals surface area contributed by atoms with E-state index < -0.39 is 5.91 Å². The molecule has 0 bridgehead atoms. The maximum absolute atomic E-state index is 10.9. The van der Waals surface area contributed by atoms with Gasteiger partial charge in [-0.25, -0.2) is 0 Å². The number of rotatable bonds is 5. The van der Waals surface area contributed by atoms with Gasteiger partial charge < -0.3 is 15.4 Å². The minimum atomic E-state index is -0.567. The van der Waals surface area contributed by atoms with Crippen LogP contribution in [0.4, 0.5) is 5.82 Å². The highest BCUT2D eigenvalue weighted by atomic mass is 16.5. The highest BCUT2D eigenvalue weighted by molar-refractivity contribution is 5.90. The number of hydrogen-bond acceptors (Lipinski definition) is 5. The summed E-state index contributed by atoms with van der Waals surface area (Å²) in [6.45, 7) is 5.82. The lowest BCUT2D eigenvalue weighted by Crippen LogP contribution is -2.24. The van der Waals surface area contributed by atoms with E-state index in [1.165, 1.54) is 0 Å². The summed E-state index contributed by atoms with van der Waals surface area (Å²) in [7, 11) is 0. The number of nitrogens with zero attached hydrogens (tertiary/aromatic N) is 3. The van der Waals surface area contributed by atoms with Crippen LogP contribution in [0.15, 0.2) is 24.8 Å². The van der Waals surface area contributed by atoms with E-state index in [1.54, 1.807) is 18.2 Å². The molecule has 0 saturated carbocycles. The Balaban J connectivity index is 1.96. The van der Waals surface area contributed by atoms with Crippen LogP contribution in [-0.2, 0) is 4.74 Å². The molecule has 2 N–H and O–H groups in total. The molecule has 1 amide bonds. The zero-order valence-corrected chi connectivity index (χ0v) is 10.1. The van der Waals surface area contributed by atoms with Gasteiger partial charge in [-0.05, 0) is 18.6 Å². The van der Waals surface area contributed by atoms with E-state index in [-0.39, 0.29) is 11.8 Å². The maximum Gasteiger partial charge on any atom is 0.269 e. The molecule has 0 aliphatic carbocycles. The third-order valence-electron chi connectivity index (χ3n) is 2.82. The van der Waals surface area contributed by atoms with Crippen molar-refractivity contribution in [2.24, 2.45) is 5.73 Å². The third kappa shape index (κ3) is 2.84. The quantitative estimate of drug-likeness (QED) is 0.761. The third-order valence-corrected chi connectivity index (χ3v) is 2.82. The number of amides is 1. The monoisotopic (exact) mass is 248 g/mol. The number of carbonyl (C=O) groups excluding carboxylic acids is 1. The summed E-state index contributed by atoms with van der Waals surface area (Å²) in [5.74, 6) is 0.173. The Morgan fingerprint density at radius 3 is 3.06 bits per heavy atom. The molecule has 1 aromatic heterocycles. The molecule has 6 nitrogen and oxygen atoms in total. The molecule has 1 aromatic rings. The van der Waals surface area contributed by atoms with Crippen LogP contribution in [0.25, 0.3) is 0 Å². The zero-order valence-electron chi connectivity index (χ0n) is 10.1. The van der Waals surface area contributed by atoms with Gasteiger partial charge in [-0.3, -0.25) is 4.79 Å². The van der Waals surface area contributed by atoms with Crippen LogP contribution in [0.3, 0.4) is 0 Å². The van der Waals surface area contributed by atoms with Crippen molar-refractivity contribution >= 4 is 11.7 Å². The predicted octanol–water partition coefficient (Wildman–Crippen LogP) is 0.357. The second-order valence-electron chi connectivity index (χ2n) is 4.12. The van der Waals surface area contributed by atoms with E-state index in [1.807, 2.05) is 0 Å². The van der Waals surface area contributed by atoms with Gasteiger partial charge in [0.25, 0.3) is 5.91 Å². The first-order chi connectivity index (χ1) is 8.70. The molecule has 0 unspecified atom stereocenters. The van der Waals surface area contributed by atoms with E-state index in [9.17, 15) is 4.79 Å². The topological polar surface area (TPSA) is 81.3 Å². The largest absolute Gasteiger partial charge is 0.372 e. The smallest absolute Gasteiger partial charge is 0.269 e. The van der Waals surface area contributed by atoms with Crippen LogP contribution in [0, 0.1) is 0 Å². The first-order valence-corrected chi connectivity index (χ1v) is 5.81. The van der Waals surface area contributed by atoms with Crippen molar-refractivity contribution < 1.29 is 9.53 Å². The summed E-state index contributed by atoms with van der Waals surface area (Å²) in [4.78, 5) is 13.0. The van der Waals surface area contributed by atoms with Gasteiger partial charge in [0, 0.05) is 13.1 Å². The summed E-state index contributed by atoms with van der Waals surface area (Å²) < 4.78 is 5.58. The van der Waals surface area contributed by atoms with E-state index in [4.69, 9.17) is 10.5 Å². The van der Waals surface area contributed by atoms with Crippen LogP contribution < -0.4 is 10.6 Å². The van der Waals surface area contributed by atoms with Gasteiger partial charge in [0.1, 0.15) is 0 Å². The number of primary amides is 1. The lowest BCUT2D eigenvalue weighted by molar-refractivity contribution is 0.0908. The van der Waals surface area contributed by atoms with E-state index in [0.717, 1.165) is 25.3 Å². The number of ether oxygens (including phenoxy) is 1. The van der Waals surface area contributed by atoms with E-state index in [2.05, 4.69) is 21.7 Å². The Morgan fingerprint density at radius 1 is 1.61 bits per heavy atom. The van der Waals surface area contributed by atoms with Crippen molar-refractivity contribution in [1.29, 1.82) is 0 Å². The normalized spacial score (nSPS) is 18.9. The SMILES string of the molecule is C=CCO[C@H]1CCN(c2ccc(C(N)=O)nn2)C1. The molecule has 1 aliphatic heterocycles. The fourth-order valence-corrected chi connectivity index (χ4v) is 1.90. The number of anilines is 1. The highest BCUT2D eigenvalue weighted by Crippen LogP contribution is 2.19. The number of nitrogens with two attached hydrogens (primary N) is 1. The van der Waals surface area contributed by atoms with Crippen molar-refractivity contribution in [3.63, 3.8) is 0 Å². The van der Waals surface area contributed by atoms with Gasteiger partial charge in [0.15, 0.2) is 11.5 Å². The van der Waals surface area contributed by atoms with Crippen molar-refractivity contribution in [2.75, 3.05) is 24.6 Å². The average molecular weight is 248 g/mol. The van der Waals surface area contributed by atoms with Crippen LogP contribution in [0.5, 0.6) is 0 Å². The summed E-state index contributed by atoms with van der Waals surface area (Å²) >= 11 is 0. The molecule has 2 rings (SSSR count). The van der Waals surface area contributed by atoms with Gasteiger partial charge in [-0.15, -0.1) is 16.8 Å². The van der Waals surface area contributed by atoms with Crippen molar-refractivity contribution in [3.05, 3.63) is 30.5 Å². The number of hydrogen-bond donors (Lipinski definition) is 1. The molecule has 1 aliphatic rings. The molecule has 6 heteroatoms. The Kier molecular flexibility index (Phi) is 3.88. The minimum Gasteiger partial charge on any atom is -0.372 e. The molecule has 0 radical (unpaired) electrons. The van der Waals surface area contributed by atoms with Gasteiger partial charge >= 0.3 is 0 Å². The van der Waals surface area contributed by atoms with Gasteiger partial charge in [-0.1, -0.05) is 6.08 Å². The second kappa shape index (κ2) is 5.59. The molecule has 0 spiro atoms. The molecule has 18 heavy (non-hydrogen) atoms. The number of aromatic nitrogens is 2. The fourth-order valence-electron chi connectivity index (χ4n) is 1.90. The van der Waals surface area contributed by atoms with Crippen LogP contribution in [0.2, 0.25) is 0 Å². The molecular weight excluding hydrogens is 232 g/mol. The second-order valence-corrected chi connectivity index (χ2v) is 4.12. The molecule has 96 valence electrons. The fraction of sp³-hybridized carbons (Fsp3) is 0.417. The summed E-state index contributed by atoms with van der Waals surface area (Å²) in [6.07, 6.45) is 2.89. The summed E-state index contributed by atoms with van der Waals surface area (Å²) in [5.41, 5.74) is 5.29. The first-order valence-electron chi connectivity index (χ1n) is 5.81. The molecule has 1 saturated heterocycles. The number of carbonyl (C=O) groups is 1. The molecule has 1 fully saturated rings.